The van der Waals surface area contributed by atoms with Crippen molar-refractivity contribution < 1.29 is 4.79 Å². The van der Waals surface area contributed by atoms with Gasteiger partial charge in [0.15, 0.2) is 5.78 Å². The van der Waals surface area contributed by atoms with Gasteiger partial charge in [-0.3, -0.25) is 4.79 Å². The van der Waals surface area contributed by atoms with E-state index in [0.29, 0.717) is 6.54 Å². The number of hydrogen-bond donors (Lipinski definition) is 0. The van der Waals surface area contributed by atoms with Crippen LogP contribution in [0.4, 0.5) is 5.69 Å². The summed E-state index contributed by atoms with van der Waals surface area (Å²) < 4.78 is 1.01. The molecule has 0 unspecified atom stereocenters. The smallest absolute Gasteiger partial charge is 0.192 e. The van der Waals surface area contributed by atoms with Gasteiger partial charge in [0.1, 0.15) is 0 Å². The van der Waals surface area contributed by atoms with Gasteiger partial charge in [0.05, 0.1) is 15.2 Å². The Morgan fingerprint density at radius 3 is 2.95 bits per heavy atom. The summed E-state index contributed by atoms with van der Waals surface area (Å²) in [6.07, 6.45) is 2.24. The van der Waals surface area contributed by atoms with Crippen molar-refractivity contribution >= 4 is 38.7 Å². The molecule has 0 saturated carbocycles. The molecule has 0 amide bonds. The number of Topliss-reactive ketones (excluding diaryl/α,β-unsaturated/α-hetero) is 1. The van der Waals surface area contributed by atoms with Crippen LogP contribution in [0.15, 0.2) is 34.1 Å². The molecule has 0 N–H and O–H groups in total. The number of halogens is 1. The lowest BCUT2D eigenvalue weighted by atomic mass is 9.99. The zero-order valence-electron chi connectivity index (χ0n) is 11.4. The van der Waals surface area contributed by atoms with Gasteiger partial charge in [-0.25, -0.2) is 0 Å². The highest BCUT2D eigenvalue weighted by atomic mass is 79.9. The second-order valence-corrected chi connectivity index (χ2v) is 7.65. The molecule has 3 rings (SSSR count). The van der Waals surface area contributed by atoms with Gasteiger partial charge in [-0.2, -0.15) is 0 Å². The molecule has 1 aliphatic rings. The minimum Gasteiger partial charge on any atom is -0.364 e. The highest BCUT2D eigenvalue weighted by Crippen LogP contribution is 2.29. The van der Waals surface area contributed by atoms with Gasteiger partial charge in [-0.1, -0.05) is 17.7 Å². The summed E-state index contributed by atoms with van der Waals surface area (Å²) >= 11 is 4.92. The summed E-state index contributed by atoms with van der Waals surface area (Å²) in [7, 11) is 0. The number of fused-ring (bicyclic) bond motifs is 1. The second-order valence-electron chi connectivity index (χ2n) is 5.18. The van der Waals surface area contributed by atoms with Gasteiger partial charge < -0.3 is 4.90 Å². The quantitative estimate of drug-likeness (QED) is 0.762. The van der Waals surface area contributed by atoms with E-state index in [4.69, 9.17) is 0 Å². The Kier molecular flexibility index (Phi) is 3.94. The third kappa shape index (κ3) is 2.81. The Labute approximate surface area is 131 Å². The van der Waals surface area contributed by atoms with Crippen LogP contribution in [0.5, 0.6) is 0 Å². The zero-order chi connectivity index (χ0) is 14.1. The summed E-state index contributed by atoms with van der Waals surface area (Å²) in [4.78, 5) is 15.4. The third-order valence-electron chi connectivity index (χ3n) is 3.63. The topological polar surface area (TPSA) is 20.3 Å². The minimum absolute atomic E-state index is 0.203. The number of carbonyl (C=O) groups is 1. The number of nitrogens with zero attached hydrogens (tertiary/aromatic N) is 1. The SMILES string of the molecule is Cc1ccc2c(c1)CCCN2CC(=O)c1ccc(Br)s1. The van der Waals surface area contributed by atoms with Crippen LogP contribution >= 0.6 is 27.3 Å². The Hall–Kier alpha value is -1.13. The normalized spacial score (nSPS) is 14.2. The monoisotopic (exact) mass is 349 g/mol. The van der Waals surface area contributed by atoms with Crippen LogP contribution in [0.3, 0.4) is 0 Å². The lowest BCUT2D eigenvalue weighted by molar-refractivity contribution is 0.100. The molecule has 20 heavy (non-hydrogen) atoms. The third-order valence-corrected chi connectivity index (χ3v) is 5.30. The van der Waals surface area contributed by atoms with Crippen molar-refractivity contribution in [2.45, 2.75) is 19.8 Å². The molecule has 0 atom stereocenters. The van der Waals surface area contributed by atoms with Gasteiger partial charge in [-0.15, -0.1) is 11.3 Å². The van der Waals surface area contributed by atoms with Crippen molar-refractivity contribution in [2.24, 2.45) is 0 Å². The van der Waals surface area contributed by atoms with E-state index in [1.54, 1.807) is 0 Å². The first-order valence-corrected chi connectivity index (χ1v) is 8.37. The number of carbonyl (C=O) groups excluding carboxylic acids is 1. The van der Waals surface area contributed by atoms with Gasteiger partial charge in [0.25, 0.3) is 0 Å². The molecule has 1 aromatic carbocycles. The van der Waals surface area contributed by atoms with Crippen molar-refractivity contribution in [3.8, 4) is 0 Å². The van der Waals surface area contributed by atoms with E-state index in [2.05, 4.69) is 46.0 Å². The maximum absolute atomic E-state index is 12.4. The average Bonchev–Trinajstić information content (AvgIpc) is 2.85. The van der Waals surface area contributed by atoms with Gasteiger partial charge in [0, 0.05) is 12.2 Å². The molecule has 4 heteroatoms. The molecule has 104 valence electrons. The summed E-state index contributed by atoms with van der Waals surface area (Å²) in [5.74, 6) is 0.203. The first-order chi connectivity index (χ1) is 9.63. The largest absolute Gasteiger partial charge is 0.364 e. The molecular formula is C16H16BrNOS. The van der Waals surface area contributed by atoms with Crippen molar-refractivity contribution in [3.05, 3.63) is 50.1 Å². The lowest BCUT2D eigenvalue weighted by Crippen LogP contribution is -2.34. The summed E-state index contributed by atoms with van der Waals surface area (Å²) in [5.41, 5.74) is 3.89. The van der Waals surface area contributed by atoms with Crippen LogP contribution in [0.25, 0.3) is 0 Å². The Morgan fingerprint density at radius 1 is 1.35 bits per heavy atom. The molecule has 1 aliphatic heterocycles. The van der Waals surface area contributed by atoms with Crippen LogP contribution in [0.1, 0.15) is 27.2 Å². The summed E-state index contributed by atoms with van der Waals surface area (Å²) in [6, 6.07) is 10.4. The summed E-state index contributed by atoms with van der Waals surface area (Å²) in [5, 5.41) is 0. The Balaban J connectivity index is 1.81. The van der Waals surface area contributed by atoms with Gasteiger partial charge in [0.2, 0.25) is 0 Å². The molecule has 2 nitrogen and oxygen atoms in total. The fourth-order valence-corrected chi connectivity index (χ4v) is 4.00. The standard InChI is InChI=1S/C16H16BrNOS/c1-11-4-5-13-12(9-11)3-2-8-18(13)10-14(19)15-6-7-16(17)20-15/h4-7,9H,2-3,8,10H2,1H3. The highest BCUT2D eigenvalue weighted by molar-refractivity contribution is 9.11. The van der Waals surface area contributed by atoms with Crippen molar-refractivity contribution in [1.82, 2.24) is 0 Å². The van der Waals surface area contributed by atoms with Crippen molar-refractivity contribution in [1.29, 1.82) is 0 Å². The molecular weight excluding hydrogens is 334 g/mol. The zero-order valence-corrected chi connectivity index (χ0v) is 13.8. The highest BCUT2D eigenvalue weighted by Gasteiger charge is 2.20. The fraction of sp³-hybridized carbons (Fsp3) is 0.312. The molecule has 0 saturated heterocycles. The minimum atomic E-state index is 0.203. The number of aryl methyl sites for hydroxylation is 2. The van der Waals surface area contributed by atoms with Gasteiger partial charge >= 0.3 is 0 Å². The molecule has 2 heterocycles. The van der Waals surface area contributed by atoms with E-state index < -0.39 is 0 Å². The van der Waals surface area contributed by atoms with E-state index in [1.165, 1.54) is 28.2 Å². The molecule has 0 bridgehead atoms. The molecule has 0 radical (unpaired) electrons. The second kappa shape index (κ2) is 5.70. The number of anilines is 1. The number of thiophene rings is 1. The first kappa shape index (κ1) is 13.8. The number of hydrogen-bond acceptors (Lipinski definition) is 3. The predicted molar refractivity (Wildman–Crippen MR) is 88.1 cm³/mol. The van der Waals surface area contributed by atoms with Crippen LogP contribution in [-0.4, -0.2) is 18.9 Å². The number of rotatable bonds is 3. The predicted octanol–water partition coefficient (Wildman–Crippen LogP) is 4.45. The maximum Gasteiger partial charge on any atom is 0.192 e. The molecule has 2 aromatic rings. The van der Waals surface area contributed by atoms with Crippen molar-refractivity contribution in [3.63, 3.8) is 0 Å². The Morgan fingerprint density at radius 2 is 2.20 bits per heavy atom. The van der Waals surface area contributed by atoms with E-state index >= 15 is 0 Å². The Bertz CT molecular complexity index is 650. The van der Waals surface area contributed by atoms with Crippen LogP contribution in [0, 0.1) is 6.92 Å². The van der Waals surface area contributed by atoms with Gasteiger partial charge in [-0.05, 0) is 59.5 Å². The lowest BCUT2D eigenvalue weighted by Gasteiger charge is -2.30. The van der Waals surface area contributed by atoms with Crippen molar-refractivity contribution in [2.75, 3.05) is 18.0 Å². The number of ketones is 1. The maximum atomic E-state index is 12.4. The molecule has 1 aromatic heterocycles. The van der Waals surface area contributed by atoms with E-state index in [0.717, 1.165) is 28.0 Å². The van der Waals surface area contributed by atoms with Crippen LogP contribution < -0.4 is 4.90 Å². The summed E-state index contributed by atoms with van der Waals surface area (Å²) in [6.45, 7) is 3.56. The average molecular weight is 350 g/mol. The fourth-order valence-electron chi connectivity index (χ4n) is 2.68. The van der Waals surface area contributed by atoms with E-state index in [9.17, 15) is 4.79 Å². The first-order valence-electron chi connectivity index (χ1n) is 6.76. The van der Waals surface area contributed by atoms with E-state index in [1.807, 2.05) is 12.1 Å². The van der Waals surface area contributed by atoms with Crippen LogP contribution in [-0.2, 0) is 6.42 Å². The number of benzene rings is 1. The molecule has 0 fully saturated rings. The molecule has 0 aliphatic carbocycles. The van der Waals surface area contributed by atoms with Crippen LogP contribution in [0.2, 0.25) is 0 Å². The van der Waals surface area contributed by atoms with E-state index in [-0.39, 0.29) is 5.78 Å². The molecule has 0 spiro atoms.